The van der Waals surface area contributed by atoms with Crippen molar-refractivity contribution < 1.29 is 4.42 Å². The second-order valence-corrected chi connectivity index (χ2v) is 20.8. The normalized spacial score (nSPS) is 12.9. The van der Waals surface area contributed by atoms with Crippen LogP contribution in [0.1, 0.15) is 22.3 Å². The Kier molecular flexibility index (Phi) is 9.09. The van der Waals surface area contributed by atoms with Gasteiger partial charge in [0, 0.05) is 47.6 Å². The molecule has 2 aliphatic rings. The first kappa shape index (κ1) is 42.0. The van der Waals surface area contributed by atoms with Gasteiger partial charge in [-0.1, -0.05) is 212 Å². The number of fused-ring (bicyclic) bond motifs is 16. The third-order valence-electron chi connectivity index (χ3n) is 15.8. The molecule has 4 nitrogen and oxygen atoms in total. The molecule has 14 aromatic rings. The molecule has 0 radical (unpaired) electrons. The molecule has 2 aliphatic carbocycles. The van der Waals surface area contributed by atoms with Gasteiger partial charge in [0.2, 0.25) is 0 Å². The summed E-state index contributed by atoms with van der Waals surface area (Å²) in [5.41, 5.74) is 21.4. The largest absolute Gasteiger partial charge is 0.456 e. The van der Waals surface area contributed by atoms with Crippen LogP contribution in [-0.4, -0.2) is 15.0 Å². The Labute approximate surface area is 436 Å². The Balaban J connectivity index is 0.850. The van der Waals surface area contributed by atoms with Crippen molar-refractivity contribution in [2.24, 2.45) is 0 Å². The highest BCUT2D eigenvalue weighted by molar-refractivity contribution is 7.25. The van der Waals surface area contributed by atoms with E-state index < -0.39 is 5.41 Å². The van der Waals surface area contributed by atoms with Gasteiger partial charge in [0.25, 0.3) is 0 Å². The zero-order valence-corrected chi connectivity index (χ0v) is 41.1. The Hall–Kier alpha value is -9.55. The van der Waals surface area contributed by atoms with E-state index in [1.165, 1.54) is 70.4 Å². The number of benzene rings is 11. The molecule has 0 aliphatic heterocycles. The summed E-state index contributed by atoms with van der Waals surface area (Å²) in [5, 5.41) is 4.31. The lowest BCUT2D eigenvalue weighted by atomic mass is 9.70. The molecule has 0 unspecified atom stereocenters. The summed E-state index contributed by atoms with van der Waals surface area (Å²) in [6.07, 6.45) is 0. The summed E-state index contributed by atoms with van der Waals surface area (Å²) in [4.78, 5) is 16.0. The van der Waals surface area contributed by atoms with Crippen LogP contribution in [-0.2, 0) is 5.41 Å². The van der Waals surface area contributed by atoms with Gasteiger partial charge in [-0.15, -0.1) is 11.3 Å². The molecular formula is C70H41N3OS. The zero-order valence-electron chi connectivity index (χ0n) is 40.3. The highest BCUT2D eigenvalue weighted by Gasteiger charge is 2.52. The van der Waals surface area contributed by atoms with E-state index in [9.17, 15) is 0 Å². The molecule has 16 rings (SSSR count). The molecule has 0 fully saturated rings. The molecule has 0 saturated carbocycles. The highest BCUT2D eigenvalue weighted by Crippen LogP contribution is 2.64. The zero-order chi connectivity index (χ0) is 49.2. The summed E-state index contributed by atoms with van der Waals surface area (Å²) < 4.78 is 9.11. The third kappa shape index (κ3) is 6.19. The van der Waals surface area contributed by atoms with Crippen LogP contribution in [0.15, 0.2) is 253 Å². The van der Waals surface area contributed by atoms with Crippen LogP contribution in [0.2, 0.25) is 0 Å². The van der Waals surface area contributed by atoms with Crippen LogP contribution in [0.5, 0.6) is 0 Å². The van der Waals surface area contributed by atoms with Crippen molar-refractivity contribution in [3.63, 3.8) is 0 Å². The minimum atomic E-state index is -0.406. The summed E-state index contributed by atoms with van der Waals surface area (Å²) in [7, 11) is 0. The Bertz CT molecular complexity index is 4620. The number of rotatable bonds is 6. The van der Waals surface area contributed by atoms with Gasteiger partial charge in [-0.3, -0.25) is 0 Å². The predicted molar refractivity (Wildman–Crippen MR) is 309 cm³/mol. The van der Waals surface area contributed by atoms with Crippen molar-refractivity contribution in [1.82, 2.24) is 15.0 Å². The van der Waals surface area contributed by atoms with Crippen molar-refractivity contribution in [2.75, 3.05) is 0 Å². The Morgan fingerprint density at radius 3 is 1.59 bits per heavy atom. The minimum Gasteiger partial charge on any atom is -0.456 e. The molecule has 0 atom stereocenters. The molecule has 3 aromatic heterocycles. The SMILES string of the molecule is c1ccc(-c2ccc(-c3nc(-c4cccc5oc6ccc(-c7cccc(-c8cccc9c8-c8ccccc8C98c9ccccc9-c9ccccc98)c7)cc6c45)nc(-c4cccc5sc6ccccc6c45)n3)cc2)cc1. The quantitative estimate of drug-likeness (QED) is 0.167. The van der Waals surface area contributed by atoms with Gasteiger partial charge in [0.15, 0.2) is 17.5 Å². The average molecular weight is 972 g/mol. The van der Waals surface area contributed by atoms with Gasteiger partial charge >= 0.3 is 0 Å². The molecule has 0 bridgehead atoms. The first-order valence-corrected chi connectivity index (χ1v) is 26.3. The van der Waals surface area contributed by atoms with Gasteiger partial charge in [-0.25, -0.2) is 15.0 Å². The summed E-state index contributed by atoms with van der Waals surface area (Å²) in [6, 6.07) is 89.8. The van der Waals surface area contributed by atoms with Crippen molar-refractivity contribution in [3.05, 3.63) is 271 Å². The molecule has 0 N–H and O–H groups in total. The molecule has 75 heavy (non-hydrogen) atoms. The standard InChI is InChI=1S/C70H41N3OS/c1-2-16-42(17-3-1)43-34-36-44(37-35-43)67-71-68(73-69(72-67)54-26-15-33-63-66(54)52-23-7-11-32-62(52)75-63)53-25-14-31-61-65(53)55-41-46(38-39-60(55)74-61)45-18-12-19-47(40-45)48-24-13-30-59-64(48)51-22-6-10-29-58(51)70(59)56-27-8-4-20-49(56)50-21-5-9-28-57(50)70/h1-41H. The second-order valence-electron chi connectivity index (χ2n) is 19.7. The van der Waals surface area contributed by atoms with Crippen molar-refractivity contribution in [2.45, 2.75) is 5.41 Å². The van der Waals surface area contributed by atoms with E-state index in [4.69, 9.17) is 19.4 Å². The monoisotopic (exact) mass is 971 g/mol. The molecule has 348 valence electrons. The third-order valence-corrected chi connectivity index (χ3v) is 16.9. The topological polar surface area (TPSA) is 51.8 Å². The average Bonchev–Trinajstić information content (AvgIpc) is 4.24. The van der Waals surface area contributed by atoms with Crippen LogP contribution in [0, 0.1) is 0 Å². The van der Waals surface area contributed by atoms with Gasteiger partial charge in [0.1, 0.15) is 11.2 Å². The smallest absolute Gasteiger partial charge is 0.164 e. The molecule has 3 heterocycles. The van der Waals surface area contributed by atoms with Crippen molar-refractivity contribution >= 4 is 53.4 Å². The number of hydrogen-bond acceptors (Lipinski definition) is 5. The minimum absolute atomic E-state index is 0.406. The lowest BCUT2D eigenvalue weighted by molar-refractivity contribution is 0.669. The lowest BCUT2D eigenvalue weighted by Gasteiger charge is -2.30. The molecule has 5 heteroatoms. The van der Waals surface area contributed by atoms with Crippen LogP contribution in [0.4, 0.5) is 0 Å². The maximum Gasteiger partial charge on any atom is 0.164 e. The Morgan fingerprint density at radius 2 is 0.800 bits per heavy atom. The van der Waals surface area contributed by atoms with Gasteiger partial charge in [-0.05, 0) is 114 Å². The summed E-state index contributed by atoms with van der Waals surface area (Å²) >= 11 is 1.79. The first-order valence-electron chi connectivity index (χ1n) is 25.5. The van der Waals surface area contributed by atoms with E-state index >= 15 is 0 Å². The molecule has 0 saturated heterocycles. The molecule has 1 spiro atoms. The van der Waals surface area contributed by atoms with E-state index in [1.54, 1.807) is 11.3 Å². The van der Waals surface area contributed by atoms with Gasteiger partial charge < -0.3 is 4.42 Å². The number of hydrogen-bond donors (Lipinski definition) is 0. The van der Waals surface area contributed by atoms with Crippen molar-refractivity contribution in [1.29, 1.82) is 0 Å². The fraction of sp³-hybridized carbons (Fsp3) is 0.0143. The fourth-order valence-corrected chi connectivity index (χ4v) is 13.7. The van der Waals surface area contributed by atoms with Crippen molar-refractivity contribution in [3.8, 4) is 89.8 Å². The summed E-state index contributed by atoms with van der Waals surface area (Å²) in [6.45, 7) is 0. The highest BCUT2D eigenvalue weighted by atomic mass is 32.1. The maximum atomic E-state index is 6.69. The number of aromatic nitrogens is 3. The van der Waals surface area contributed by atoms with E-state index in [0.29, 0.717) is 17.5 Å². The Morgan fingerprint density at radius 1 is 0.293 bits per heavy atom. The number of nitrogens with zero attached hydrogens (tertiary/aromatic N) is 3. The van der Waals surface area contributed by atoms with E-state index in [2.05, 4.69) is 231 Å². The molecule has 11 aromatic carbocycles. The van der Waals surface area contributed by atoms with E-state index in [0.717, 1.165) is 66.3 Å². The first-order chi connectivity index (χ1) is 37.2. The lowest BCUT2D eigenvalue weighted by Crippen LogP contribution is -2.25. The molecular weight excluding hydrogens is 931 g/mol. The fourth-order valence-electron chi connectivity index (χ4n) is 12.6. The van der Waals surface area contributed by atoms with Crippen LogP contribution in [0.3, 0.4) is 0 Å². The van der Waals surface area contributed by atoms with Gasteiger partial charge in [0.05, 0.1) is 5.41 Å². The second kappa shape index (κ2) is 16.2. The summed E-state index contributed by atoms with van der Waals surface area (Å²) in [5.74, 6) is 1.82. The van der Waals surface area contributed by atoms with Crippen LogP contribution in [0.25, 0.3) is 132 Å². The van der Waals surface area contributed by atoms with E-state index in [1.807, 2.05) is 18.2 Å². The van der Waals surface area contributed by atoms with Gasteiger partial charge in [-0.2, -0.15) is 0 Å². The van der Waals surface area contributed by atoms with Crippen LogP contribution >= 0.6 is 11.3 Å². The maximum absolute atomic E-state index is 6.69. The van der Waals surface area contributed by atoms with Crippen LogP contribution < -0.4 is 0 Å². The van der Waals surface area contributed by atoms with E-state index in [-0.39, 0.29) is 0 Å². The number of thiophene rings is 1. The molecule has 0 amide bonds. The predicted octanol–water partition coefficient (Wildman–Crippen LogP) is 18.5. The number of furan rings is 1.